The van der Waals surface area contributed by atoms with Gasteiger partial charge in [-0.25, -0.2) is 18.4 Å². The van der Waals surface area contributed by atoms with Crippen molar-refractivity contribution in [2.75, 3.05) is 19.3 Å². The molecule has 0 spiro atoms. The molecule has 0 bridgehead atoms. The smallest absolute Gasteiger partial charge is 0.216 e. The fourth-order valence-electron chi connectivity index (χ4n) is 2.96. The molecule has 3 aromatic rings. The Morgan fingerprint density at radius 1 is 1.27 bits per heavy atom. The summed E-state index contributed by atoms with van der Waals surface area (Å²) in [5.74, 6) is 2.57. The van der Waals surface area contributed by atoms with E-state index in [2.05, 4.69) is 30.8 Å². The van der Waals surface area contributed by atoms with Crippen molar-refractivity contribution in [1.82, 2.24) is 25.8 Å². The van der Waals surface area contributed by atoms with Gasteiger partial charge in [0, 0.05) is 25.8 Å². The van der Waals surface area contributed by atoms with Crippen LogP contribution >= 0.6 is 0 Å². The van der Waals surface area contributed by atoms with E-state index in [1.54, 1.807) is 31.4 Å². The Hall–Kier alpha value is -3.14. The molecule has 3 rings (SSSR count). The third-order valence-corrected chi connectivity index (χ3v) is 5.59. The molecule has 3 N–H and O–H groups in total. The zero-order valence-corrected chi connectivity index (χ0v) is 18.1. The van der Waals surface area contributed by atoms with E-state index in [9.17, 15) is 8.42 Å². The third kappa shape index (κ3) is 5.69. The average Bonchev–Trinajstić information content (AvgIpc) is 3.37. The van der Waals surface area contributed by atoms with Gasteiger partial charge < -0.3 is 15.1 Å². The van der Waals surface area contributed by atoms with Gasteiger partial charge in [0.15, 0.2) is 21.6 Å². The molecule has 1 aromatic carbocycles. The molecular weight excluding hydrogens is 404 g/mol. The minimum absolute atomic E-state index is 0.348. The van der Waals surface area contributed by atoms with E-state index in [1.165, 1.54) is 6.26 Å². The highest BCUT2D eigenvalue weighted by Crippen LogP contribution is 2.17. The number of nitrogens with zero attached hydrogens (tertiary/aromatic N) is 3. The fraction of sp³-hybridized carbons (Fsp3) is 0.350. The highest BCUT2D eigenvalue weighted by molar-refractivity contribution is 7.90. The Kier molecular flexibility index (Phi) is 6.88. The van der Waals surface area contributed by atoms with E-state index >= 15 is 0 Å². The number of nitrogens with one attached hydrogen (secondary N) is 3. The van der Waals surface area contributed by atoms with Crippen molar-refractivity contribution >= 4 is 15.8 Å². The van der Waals surface area contributed by atoms with E-state index in [-0.39, 0.29) is 0 Å². The highest BCUT2D eigenvalue weighted by Gasteiger charge is 2.11. The molecule has 0 fully saturated rings. The standard InChI is InChI=1S/C20H26N6O3S/c1-4-21-20(23-13-15-7-8-17(14(2)12-15)30(3,27)28)22-10-9-18-24-19(26-25-18)16-6-5-11-29-16/h5-8,11-12H,4,9-10,13H2,1-3H3,(H2,21,22,23)(H,24,25,26). The van der Waals surface area contributed by atoms with Gasteiger partial charge in [-0.05, 0) is 43.2 Å². The van der Waals surface area contributed by atoms with Crippen LogP contribution in [0.2, 0.25) is 0 Å². The lowest BCUT2D eigenvalue weighted by atomic mass is 10.1. The summed E-state index contributed by atoms with van der Waals surface area (Å²) in [6.07, 6.45) is 3.44. The zero-order chi connectivity index (χ0) is 21.6. The molecule has 0 atom stereocenters. The van der Waals surface area contributed by atoms with Crippen LogP contribution in [0, 0.1) is 6.92 Å². The molecule has 2 aromatic heterocycles. The normalized spacial score (nSPS) is 12.2. The molecule has 160 valence electrons. The predicted octanol–water partition coefficient (Wildman–Crippen LogP) is 2.07. The number of sulfone groups is 1. The highest BCUT2D eigenvalue weighted by atomic mass is 32.2. The van der Waals surface area contributed by atoms with Gasteiger partial charge in [0.25, 0.3) is 0 Å². The van der Waals surface area contributed by atoms with Crippen LogP contribution in [0.5, 0.6) is 0 Å². The second-order valence-electron chi connectivity index (χ2n) is 6.83. The second-order valence-corrected chi connectivity index (χ2v) is 8.81. The molecule has 0 unspecified atom stereocenters. The first-order valence-electron chi connectivity index (χ1n) is 9.63. The number of rotatable bonds is 8. The van der Waals surface area contributed by atoms with Gasteiger partial charge in [-0.3, -0.25) is 5.10 Å². The molecule has 0 saturated carbocycles. The van der Waals surface area contributed by atoms with Crippen LogP contribution in [-0.2, 0) is 22.8 Å². The van der Waals surface area contributed by atoms with Crippen molar-refractivity contribution in [1.29, 1.82) is 0 Å². The molecule has 0 aliphatic rings. The SMILES string of the molecule is CCNC(=NCc1ccc(S(C)(=O)=O)c(C)c1)NCCc1nc(-c2ccco2)n[nH]1. The summed E-state index contributed by atoms with van der Waals surface area (Å²) in [7, 11) is -3.22. The number of hydrogen-bond donors (Lipinski definition) is 3. The first kappa shape index (κ1) is 21.6. The maximum absolute atomic E-state index is 11.8. The van der Waals surface area contributed by atoms with Crippen molar-refractivity contribution in [2.45, 2.75) is 31.7 Å². The Bertz CT molecular complexity index is 1100. The minimum atomic E-state index is -3.22. The third-order valence-electron chi connectivity index (χ3n) is 4.33. The first-order valence-corrected chi connectivity index (χ1v) is 11.5. The van der Waals surface area contributed by atoms with Crippen LogP contribution in [0.4, 0.5) is 0 Å². The topological polar surface area (TPSA) is 125 Å². The quantitative estimate of drug-likeness (QED) is 0.369. The van der Waals surface area contributed by atoms with Gasteiger partial charge in [0.1, 0.15) is 5.82 Å². The summed E-state index contributed by atoms with van der Waals surface area (Å²) in [6.45, 7) is 5.56. The number of guanidine groups is 1. The first-order chi connectivity index (χ1) is 14.4. The minimum Gasteiger partial charge on any atom is -0.461 e. The van der Waals surface area contributed by atoms with E-state index in [0.29, 0.717) is 42.0 Å². The number of aromatic amines is 1. The van der Waals surface area contributed by atoms with Crippen molar-refractivity contribution in [3.05, 3.63) is 53.5 Å². The number of furan rings is 1. The lowest BCUT2D eigenvalue weighted by Gasteiger charge is -2.11. The molecule has 0 amide bonds. The predicted molar refractivity (Wildman–Crippen MR) is 115 cm³/mol. The van der Waals surface area contributed by atoms with Crippen LogP contribution in [0.1, 0.15) is 23.9 Å². The molecule has 0 aliphatic heterocycles. The van der Waals surface area contributed by atoms with Crippen molar-refractivity contribution in [3.8, 4) is 11.6 Å². The Labute approximate surface area is 175 Å². The lowest BCUT2D eigenvalue weighted by Crippen LogP contribution is -2.38. The van der Waals surface area contributed by atoms with Crippen LogP contribution < -0.4 is 10.6 Å². The van der Waals surface area contributed by atoms with Gasteiger partial charge in [-0.15, -0.1) is 0 Å². The summed E-state index contributed by atoms with van der Waals surface area (Å²) >= 11 is 0. The number of aryl methyl sites for hydroxylation is 1. The fourth-order valence-corrected chi connectivity index (χ4v) is 3.92. The van der Waals surface area contributed by atoms with E-state index < -0.39 is 9.84 Å². The molecule has 2 heterocycles. The van der Waals surface area contributed by atoms with Gasteiger partial charge >= 0.3 is 0 Å². The molecular formula is C20H26N6O3S. The van der Waals surface area contributed by atoms with Gasteiger partial charge in [0.05, 0.1) is 17.7 Å². The van der Waals surface area contributed by atoms with Crippen molar-refractivity contribution in [3.63, 3.8) is 0 Å². The Morgan fingerprint density at radius 3 is 2.77 bits per heavy atom. The number of benzene rings is 1. The summed E-state index contributed by atoms with van der Waals surface area (Å²) < 4.78 is 28.8. The number of H-pyrrole nitrogens is 1. The number of hydrogen-bond acceptors (Lipinski definition) is 6. The van der Waals surface area contributed by atoms with Crippen LogP contribution in [0.25, 0.3) is 11.6 Å². The molecule has 9 nitrogen and oxygen atoms in total. The molecule has 30 heavy (non-hydrogen) atoms. The molecule has 0 aliphatic carbocycles. The van der Waals surface area contributed by atoms with Crippen molar-refractivity contribution < 1.29 is 12.8 Å². The molecule has 0 radical (unpaired) electrons. The van der Waals surface area contributed by atoms with E-state index in [4.69, 9.17) is 4.42 Å². The van der Waals surface area contributed by atoms with Crippen LogP contribution in [0.15, 0.2) is 50.9 Å². The monoisotopic (exact) mass is 430 g/mol. The van der Waals surface area contributed by atoms with E-state index in [0.717, 1.165) is 23.5 Å². The summed E-state index contributed by atoms with van der Waals surface area (Å²) in [6, 6.07) is 8.89. The summed E-state index contributed by atoms with van der Waals surface area (Å²) in [4.78, 5) is 9.34. The maximum atomic E-state index is 11.8. The second kappa shape index (κ2) is 9.57. The molecule has 10 heteroatoms. The number of aromatic nitrogens is 3. The summed E-state index contributed by atoms with van der Waals surface area (Å²) in [5, 5.41) is 13.5. The van der Waals surface area contributed by atoms with Crippen LogP contribution in [-0.4, -0.2) is 48.9 Å². The largest absolute Gasteiger partial charge is 0.461 e. The summed E-state index contributed by atoms with van der Waals surface area (Å²) in [5.41, 5.74) is 1.66. The Morgan fingerprint density at radius 2 is 2.10 bits per heavy atom. The van der Waals surface area contributed by atoms with Crippen LogP contribution in [0.3, 0.4) is 0 Å². The lowest BCUT2D eigenvalue weighted by molar-refractivity contribution is 0.577. The van der Waals surface area contributed by atoms with E-state index in [1.807, 2.05) is 19.1 Å². The maximum Gasteiger partial charge on any atom is 0.216 e. The van der Waals surface area contributed by atoms with Gasteiger partial charge in [-0.1, -0.05) is 12.1 Å². The zero-order valence-electron chi connectivity index (χ0n) is 17.3. The average molecular weight is 431 g/mol. The van der Waals surface area contributed by atoms with Gasteiger partial charge in [0.2, 0.25) is 5.82 Å². The van der Waals surface area contributed by atoms with Gasteiger partial charge in [-0.2, -0.15) is 5.10 Å². The number of aliphatic imine (C=N–C) groups is 1. The molecule has 0 saturated heterocycles. The van der Waals surface area contributed by atoms with Crippen molar-refractivity contribution in [2.24, 2.45) is 4.99 Å². The Balaban J connectivity index is 1.58.